The summed E-state index contributed by atoms with van der Waals surface area (Å²) in [5.74, 6) is 0. The molecule has 2 heterocycles. The Morgan fingerprint density at radius 1 is 1.58 bits per heavy atom. The van der Waals surface area contributed by atoms with Gasteiger partial charge in [0.1, 0.15) is 10.9 Å². The topological polar surface area (TPSA) is 49.6 Å². The molecule has 0 amide bonds. The molecule has 58 valence electrons. The molecule has 0 aliphatic carbocycles. The van der Waals surface area contributed by atoms with Crippen molar-refractivity contribution in [2.24, 2.45) is 0 Å². The van der Waals surface area contributed by atoms with Crippen LogP contribution in [0.15, 0.2) is 12.3 Å². The molecule has 0 atom stereocenters. The molecule has 2 aromatic rings. The predicted octanol–water partition coefficient (Wildman–Crippen LogP) is 1.87. The van der Waals surface area contributed by atoms with Gasteiger partial charge in [-0.3, -0.25) is 0 Å². The SMILES string of the molecule is Cc1nsc2ncc(C#N)cc12. The van der Waals surface area contributed by atoms with Crippen LogP contribution in [-0.4, -0.2) is 9.36 Å². The zero-order valence-electron chi connectivity index (χ0n) is 6.40. The van der Waals surface area contributed by atoms with Crippen LogP contribution in [0, 0.1) is 18.3 Å². The molecule has 0 aliphatic rings. The van der Waals surface area contributed by atoms with Gasteiger partial charge in [-0.15, -0.1) is 0 Å². The van der Waals surface area contributed by atoms with Gasteiger partial charge in [0.2, 0.25) is 0 Å². The second-order valence-corrected chi connectivity index (χ2v) is 3.21. The summed E-state index contributed by atoms with van der Waals surface area (Å²) in [5.41, 5.74) is 1.53. The molecule has 2 aromatic heterocycles. The van der Waals surface area contributed by atoms with Crippen LogP contribution in [0.2, 0.25) is 0 Å². The number of nitrogens with zero attached hydrogens (tertiary/aromatic N) is 3. The van der Waals surface area contributed by atoms with E-state index in [9.17, 15) is 0 Å². The number of hydrogen-bond acceptors (Lipinski definition) is 4. The average molecular weight is 175 g/mol. The van der Waals surface area contributed by atoms with Crippen molar-refractivity contribution < 1.29 is 0 Å². The lowest BCUT2D eigenvalue weighted by Gasteiger charge is -1.88. The van der Waals surface area contributed by atoms with Crippen molar-refractivity contribution in [3.05, 3.63) is 23.5 Å². The van der Waals surface area contributed by atoms with Crippen molar-refractivity contribution in [1.82, 2.24) is 9.36 Å². The van der Waals surface area contributed by atoms with E-state index in [1.807, 2.05) is 13.0 Å². The molecule has 0 fully saturated rings. The van der Waals surface area contributed by atoms with Crippen LogP contribution < -0.4 is 0 Å². The second kappa shape index (κ2) is 2.54. The number of fused-ring (bicyclic) bond motifs is 1. The van der Waals surface area contributed by atoms with Crippen molar-refractivity contribution in [3.8, 4) is 6.07 Å². The Morgan fingerprint density at radius 2 is 2.42 bits per heavy atom. The molecule has 12 heavy (non-hydrogen) atoms. The third-order valence-corrected chi connectivity index (χ3v) is 2.50. The molecule has 4 heteroatoms. The maximum absolute atomic E-state index is 8.62. The normalized spacial score (nSPS) is 10.0. The van der Waals surface area contributed by atoms with Crippen molar-refractivity contribution in [2.45, 2.75) is 6.92 Å². The number of pyridine rings is 1. The standard InChI is InChI=1S/C8H5N3S/c1-5-7-2-6(3-9)4-10-8(7)12-11-5/h2,4H,1H3. The first-order valence-corrected chi connectivity index (χ1v) is 4.21. The van der Waals surface area contributed by atoms with E-state index in [-0.39, 0.29) is 0 Å². The Hall–Kier alpha value is -1.47. The largest absolute Gasteiger partial charge is 0.242 e. The summed E-state index contributed by atoms with van der Waals surface area (Å²) >= 11 is 1.36. The first-order chi connectivity index (χ1) is 5.81. The Balaban J connectivity index is 2.82. The van der Waals surface area contributed by atoms with Gasteiger partial charge >= 0.3 is 0 Å². The van der Waals surface area contributed by atoms with Gasteiger partial charge in [0.25, 0.3) is 0 Å². The van der Waals surface area contributed by atoms with E-state index in [4.69, 9.17) is 5.26 Å². The monoisotopic (exact) mass is 175 g/mol. The van der Waals surface area contributed by atoms with Crippen LogP contribution in [0.5, 0.6) is 0 Å². The van der Waals surface area contributed by atoms with Gasteiger partial charge < -0.3 is 0 Å². The Kier molecular flexibility index (Phi) is 1.52. The average Bonchev–Trinajstić information content (AvgIpc) is 2.47. The van der Waals surface area contributed by atoms with Crippen molar-refractivity contribution >= 4 is 21.7 Å². The fourth-order valence-electron chi connectivity index (χ4n) is 1.01. The first kappa shape index (κ1) is 7.19. The van der Waals surface area contributed by atoms with Crippen LogP contribution in [0.25, 0.3) is 10.2 Å². The minimum Gasteiger partial charge on any atom is -0.242 e. The van der Waals surface area contributed by atoms with Crippen LogP contribution in [-0.2, 0) is 0 Å². The molecule has 0 unspecified atom stereocenters. The fraction of sp³-hybridized carbons (Fsp3) is 0.125. The molecule has 0 bridgehead atoms. The molecule has 0 saturated carbocycles. The summed E-state index contributed by atoms with van der Waals surface area (Å²) in [6.07, 6.45) is 1.57. The molecule has 2 rings (SSSR count). The van der Waals surface area contributed by atoms with Crippen LogP contribution in [0.4, 0.5) is 0 Å². The summed E-state index contributed by atoms with van der Waals surface area (Å²) < 4.78 is 4.14. The zero-order valence-corrected chi connectivity index (χ0v) is 7.22. The minimum absolute atomic E-state index is 0.589. The molecule has 0 radical (unpaired) electrons. The van der Waals surface area contributed by atoms with Gasteiger partial charge in [-0.25, -0.2) is 4.98 Å². The molecular weight excluding hydrogens is 170 g/mol. The van der Waals surface area contributed by atoms with Crippen LogP contribution >= 0.6 is 11.5 Å². The third-order valence-electron chi connectivity index (χ3n) is 1.64. The second-order valence-electron chi connectivity index (χ2n) is 2.46. The maximum Gasteiger partial charge on any atom is 0.143 e. The van der Waals surface area contributed by atoms with E-state index in [1.165, 1.54) is 11.5 Å². The minimum atomic E-state index is 0.589. The van der Waals surface area contributed by atoms with Gasteiger partial charge in [0, 0.05) is 11.6 Å². The number of hydrogen-bond donors (Lipinski definition) is 0. The molecule has 0 aromatic carbocycles. The number of aromatic nitrogens is 2. The summed E-state index contributed by atoms with van der Waals surface area (Å²) in [6, 6.07) is 3.87. The Bertz CT molecular complexity index is 467. The number of rotatable bonds is 0. The maximum atomic E-state index is 8.62. The van der Waals surface area contributed by atoms with Crippen LogP contribution in [0.3, 0.4) is 0 Å². The Labute approximate surface area is 73.5 Å². The smallest absolute Gasteiger partial charge is 0.143 e. The Morgan fingerprint density at radius 3 is 3.17 bits per heavy atom. The van der Waals surface area contributed by atoms with Gasteiger partial charge in [0.15, 0.2) is 0 Å². The van der Waals surface area contributed by atoms with Gasteiger partial charge in [-0.05, 0) is 24.5 Å². The van der Waals surface area contributed by atoms with E-state index in [0.29, 0.717) is 5.56 Å². The summed E-state index contributed by atoms with van der Waals surface area (Å²) in [6.45, 7) is 1.92. The van der Waals surface area contributed by atoms with Crippen molar-refractivity contribution in [2.75, 3.05) is 0 Å². The van der Waals surface area contributed by atoms with E-state index >= 15 is 0 Å². The van der Waals surface area contributed by atoms with Gasteiger partial charge in [-0.2, -0.15) is 9.64 Å². The third kappa shape index (κ3) is 0.953. The number of nitriles is 1. The van der Waals surface area contributed by atoms with E-state index < -0.39 is 0 Å². The highest BCUT2D eigenvalue weighted by Gasteiger charge is 2.03. The van der Waals surface area contributed by atoms with E-state index in [1.54, 1.807) is 6.20 Å². The molecule has 0 saturated heterocycles. The zero-order chi connectivity index (χ0) is 8.55. The number of aryl methyl sites for hydroxylation is 1. The molecule has 0 spiro atoms. The predicted molar refractivity (Wildman–Crippen MR) is 46.9 cm³/mol. The van der Waals surface area contributed by atoms with Crippen molar-refractivity contribution in [3.63, 3.8) is 0 Å². The molecule has 3 nitrogen and oxygen atoms in total. The van der Waals surface area contributed by atoms with Crippen molar-refractivity contribution in [1.29, 1.82) is 5.26 Å². The quantitative estimate of drug-likeness (QED) is 0.614. The lowest BCUT2D eigenvalue weighted by atomic mass is 10.2. The first-order valence-electron chi connectivity index (χ1n) is 3.43. The highest BCUT2D eigenvalue weighted by atomic mass is 32.1. The van der Waals surface area contributed by atoms with Crippen LogP contribution in [0.1, 0.15) is 11.3 Å². The highest BCUT2D eigenvalue weighted by molar-refractivity contribution is 7.12. The summed E-state index contributed by atoms with van der Waals surface area (Å²) in [7, 11) is 0. The van der Waals surface area contributed by atoms with Gasteiger partial charge in [-0.1, -0.05) is 0 Å². The molecule has 0 aliphatic heterocycles. The lowest BCUT2D eigenvalue weighted by molar-refractivity contribution is 1.35. The summed E-state index contributed by atoms with van der Waals surface area (Å²) in [4.78, 5) is 5.00. The fourth-order valence-corrected chi connectivity index (χ4v) is 1.73. The lowest BCUT2D eigenvalue weighted by Crippen LogP contribution is -1.78. The van der Waals surface area contributed by atoms with E-state index in [0.717, 1.165) is 15.9 Å². The van der Waals surface area contributed by atoms with E-state index in [2.05, 4.69) is 15.4 Å². The molecule has 0 N–H and O–H groups in total. The summed E-state index contributed by atoms with van der Waals surface area (Å²) in [5, 5.41) is 9.60. The van der Waals surface area contributed by atoms with Gasteiger partial charge in [0.05, 0.1) is 11.3 Å². The molecular formula is C8H5N3S. The highest BCUT2D eigenvalue weighted by Crippen LogP contribution is 2.20.